The van der Waals surface area contributed by atoms with Crippen molar-refractivity contribution < 1.29 is 22.7 Å². The zero-order valence-corrected chi connectivity index (χ0v) is 16.9. The molecule has 1 rings (SSSR count). The van der Waals surface area contributed by atoms with Crippen LogP contribution in [-0.4, -0.2) is 39.0 Å². The Bertz CT molecular complexity index is 759. The number of benzene rings is 1. The van der Waals surface area contributed by atoms with Gasteiger partial charge in [0.2, 0.25) is 10.0 Å². The monoisotopic (exact) mass is 384 g/mol. The van der Waals surface area contributed by atoms with Crippen LogP contribution in [0.15, 0.2) is 23.1 Å². The first-order chi connectivity index (χ1) is 12.0. The minimum Gasteiger partial charge on any atom is -0.451 e. The van der Waals surface area contributed by atoms with Crippen molar-refractivity contribution >= 4 is 21.9 Å². The molecule has 0 bridgehead atoms. The summed E-state index contributed by atoms with van der Waals surface area (Å²) in [6.45, 7) is 10.7. The highest BCUT2D eigenvalue weighted by atomic mass is 32.2. The van der Waals surface area contributed by atoms with E-state index in [9.17, 15) is 18.0 Å². The van der Waals surface area contributed by atoms with Crippen LogP contribution in [0, 0.1) is 19.8 Å². The SMILES string of the molecule is CCNC(=O)[C@@H](C)OC(=O)[C@H](NS(=O)(=O)c1ccc(C)c(C)c1)C(C)C. The second-order valence-electron chi connectivity index (χ2n) is 6.56. The van der Waals surface area contributed by atoms with E-state index in [1.54, 1.807) is 32.9 Å². The van der Waals surface area contributed by atoms with Gasteiger partial charge in [0.15, 0.2) is 6.10 Å². The van der Waals surface area contributed by atoms with Gasteiger partial charge in [-0.2, -0.15) is 4.72 Å². The maximum absolute atomic E-state index is 12.6. The molecule has 1 aromatic carbocycles. The van der Waals surface area contributed by atoms with Crippen LogP contribution >= 0.6 is 0 Å². The quantitative estimate of drug-likeness (QED) is 0.664. The summed E-state index contributed by atoms with van der Waals surface area (Å²) in [5, 5.41) is 2.55. The Morgan fingerprint density at radius 1 is 1.12 bits per heavy atom. The minimum absolute atomic E-state index is 0.0795. The normalized spacial score (nSPS) is 14.0. The number of likely N-dealkylation sites (N-methyl/N-ethyl adjacent to an activating group) is 1. The number of aryl methyl sites for hydroxylation is 2. The first-order valence-electron chi connectivity index (χ1n) is 8.57. The molecular formula is C18H28N2O5S. The summed E-state index contributed by atoms with van der Waals surface area (Å²) in [5.41, 5.74) is 1.81. The van der Waals surface area contributed by atoms with Gasteiger partial charge in [0.1, 0.15) is 6.04 Å². The van der Waals surface area contributed by atoms with Gasteiger partial charge in [-0.1, -0.05) is 19.9 Å². The van der Waals surface area contributed by atoms with Gasteiger partial charge in [-0.25, -0.2) is 8.42 Å². The summed E-state index contributed by atoms with van der Waals surface area (Å²) < 4.78 is 32.8. The lowest BCUT2D eigenvalue weighted by Crippen LogP contribution is -2.47. The maximum atomic E-state index is 12.6. The minimum atomic E-state index is -3.91. The van der Waals surface area contributed by atoms with E-state index < -0.39 is 34.0 Å². The van der Waals surface area contributed by atoms with Crippen LogP contribution in [0.2, 0.25) is 0 Å². The molecule has 0 aliphatic carbocycles. The van der Waals surface area contributed by atoms with E-state index in [4.69, 9.17) is 4.74 Å². The van der Waals surface area contributed by atoms with E-state index in [2.05, 4.69) is 10.0 Å². The van der Waals surface area contributed by atoms with Crippen LogP contribution in [0.25, 0.3) is 0 Å². The molecular weight excluding hydrogens is 356 g/mol. The van der Waals surface area contributed by atoms with E-state index in [1.165, 1.54) is 13.0 Å². The number of ether oxygens (including phenoxy) is 1. The molecule has 0 aromatic heterocycles. The van der Waals surface area contributed by atoms with E-state index in [0.29, 0.717) is 6.54 Å². The predicted molar refractivity (Wildman–Crippen MR) is 99.1 cm³/mol. The van der Waals surface area contributed by atoms with Crippen molar-refractivity contribution in [2.24, 2.45) is 5.92 Å². The van der Waals surface area contributed by atoms with Crippen molar-refractivity contribution in [1.29, 1.82) is 0 Å². The van der Waals surface area contributed by atoms with Crippen LogP contribution in [0.4, 0.5) is 0 Å². The second-order valence-corrected chi connectivity index (χ2v) is 8.28. The third-order valence-electron chi connectivity index (χ3n) is 4.00. The zero-order valence-electron chi connectivity index (χ0n) is 16.1. The lowest BCUT2D eigenvalue weighted by molar-refractivity contribution is -0.157. The van der Waals surface area contributed by atoms with Crippen LogP contribution in [0.5, 0.6) is 0 Å². The van der Waals surface area contributed by atoms with Gasteiger partial charge in [0, 0.05) is 6.54 Å². The number of amides is 1. The van der Waals surface area contributed by atoms with Crippen molar-refractivity contribution in [3.8, 4) is 0 Å². The summed E-state index contributed by atoms with van der Waals surface area (Å²) in [6.07, 6.45) is -1.00. The third-order valence-corrected chi connectivity index (χ3v) is 5.44. The molecule has 1 aromatic rings. The average molecular weight is 384 g/mol. The van der Waals surface area contributed by atoms with Crippen LogP contribution in [0.3, 0.4) is 0 Å². The van der Waals surface area contributed by atoms with E-state index in [0.717, 1.165) is 11.1 Å². The van der Waals surface area contributed by atoms with Gasteiger partial charge in [-0.05, 0) is 56.9 Å². The van der Waals surface area contributed by atoms with Gasteiger partial charge < -0.3 is 10.1 Å². The summed E-state index contributed by atoms with van der Waals surface area (Å²) in [5.74, 6) is -1.57. The van der Waals surface area contributed by atoms with Crippen molar-refractivity contribution in [2.45, 2.75) is 58.6 Å². The molecule has 2 atom stereocenters. The van der Waals surface area contributed by atoms with Crippen molar-refractivity contribution in [3.05, 3.63) is 29.3 Å². The molecule has 8 heteroatoms. The number of nitrogens with one attached hydrogen (secondary N) is 2. The fraction of sp³-hybridized carbons (Fsp3) is 0.556. The molecule has 0 saturated carbocycles. The van der Waals surface area contributed by atoms with E-state index >= 15 is 0 Å². The predicted octanol–water partition coefficient (Wildman–Crippen LogP) is 1.67. The average Bonchev–Trinajstić information content (AvgIpc) is 2.54. The standard InChI is InChI=1S/C18H28N2O5S/c1-7-19-17(21)14(6)25-18(22)16(11(2)3)20-26(23,24)15-9-8-12(4)13(5)10-15/h8-11,14,16,20H,7H2,1-6H3,(H,19,21)/t14-,16-/m1/s1. The number of carbonyl (C=O) groups excluding carboxylic acids is 2. The van der Waals surface area contributed by atoms with Gasteiger partial charge >= 0.3 is 5.97 Å². The lowest BCUT2D eigenvalue weighted by atomic mass is 10.1. The summed E-state index contributed by atoms with van der Waals surface area (Å²) >= 11 is 0. The molecule has 2 N–H and O–H groups in total. The number of carbonyl (C=O) groups is 2. The number of hydrogen-bond donors (Lipinski definition) is 2. The van der Waals surface area contributed by atoms with Crippen LogP contribution in [0.1, 0.15) is 38.8 Å². The molecule has 1 amide bonds. The van der Waals surface area contributed by atoms with Gasteiger partial charge in [0.25, 0.3) is 5.91 Å². The van der Waals surface area contributed by atoms with Gasteiger partial charge in [0.05, 0.1) is 4.90 Å². The van der Waals surface area contributed by atoms with Crippen molar-refractivity contribution in [1.82, 2.24) is 10.0 Å². The topological polar surface area (TPSA) is 102 Å². The molecule has 0 aliphatic heterocycles. The molecule has 0 spiro atoms. The molecule has 0 heterocycles. The number of esters is 1. The molecule has 0 saturated heterocycles. The van der Waals surface area contributed by atoms with Crippen LogP contribution in [-0.2, 0) is 24.3 Å². The number of hydrogen-bond acceptors (Lipinski definition) is 5. The first-order valence-corrected chi connectivity index (χ1v) is 10.1. The Balaban J connectivity index is 2.97. The third kappa shape index (κ3) is 5.81. The highest BCUT2D eigenvalue weighted by Crippen LogP contribution is 2.17. The van der Waals surface area contributed by atoms with Gasteiger partial charge in [-0.15, -0.1) is 0 Å². The Kier molecular flexibility index (Phi) is 7.77. The van der Waals surface area contributed by atoms with Gasteiger partial charge in [-0.3, -0.25) is 9.59 Å². The van der Waals surface area contributed by atoms with Crippen LogP contribution < -0.4 is 10.0 Å². The lowest BCUT2D eigenvalue weighted by Gasteiger charge is -2.23. The summed E-state index contributed by atoms with van der Waals surface area (Å²) in [4.78, 5) is 24.2. The molecule has 7 nitrogen and oxygen atoms in total. The molecule has 0 fully saturated rings. The second kappa shape index (κ2) is 9.14. The number of sulfonamides is 1. The Labute approximate surface area is 155 Å². The summed E-state index contributed by atoms with van der Waals surface area (Å²) in [6, 6.07) is 3.66. The summed E-state index contributed by atoms with van der Waals surface area (Å²) in [7, 11) is -3.91. The fourth-order valence-corrected chi connectivity index (χ4v) is 3.61. The molecule has 0 radical (unpaired) electrons. The zero-order chi connectivity index (χ0) is 20.1. The van der Waals surface area contributed by atoms with E-state index in [-0.39, 0.29) is 10.8 Å². The molecule has 146 valence electrons. The molecule has 26 heavy (non-hydrogen) atoms. The largest absolute Gasteiger partial charge is 0.451 e. The Hall–Kier alpha value is -1.93. The van der Waals surface area contributed by atoms with Crippen molar-refractivity contribution in [2.75, 3.05) is 6.54 Å². The highest BCUT2D eigenvalue weighted by molar-refractivity contribution is 7.89. The number of rotatable bonds is 8. The Morgan fingerprint density at radius 3 is 2.23 bits per heavy atom. The maximum Gasteiger partial charge on any atom is 0.325 e. The first kappa shape index (κ1) is 22.1. The highest BCUT2D eigenvalue weighted by Gasteiger charge is 2.31. The fourth-order valence-electron chi connectivity index (χ4n) is 2.19. The smallest absolute Gasteiger partial charge is 0.325 e. The Morgan fingerprint density at radius 2 is 1.73 bits per heavy atom. The van der Waals surface area contributed by atoms with E-state index in [1.807, 2.05) is 13.8 Å². The molecule has 0 unspecified atom stereocenters. The van der Waals surface area contributed by atoms with Crippen molar-refractivity contribution in [3.63, 3.8) is 0 Å². The molecule has 0 aliphatic rings.